The summed E-state index contributed by atoms with van der Waals surface area (Å²) in [5, 5.41) is 20.9. The molecule has 2 N–H and O–H groups in total. The third-order valence-electron chi connectivity index (χ3n) is 4.58. The number of amides is 2. The lowest BCUT2D eigenvalue weighted by molar-refractivity contribution is -0.150. The summed E-state index contributed by atoms with van der Waals surface area (Å²) in [4.78, 5) is 42.1. The minimum Gasteiger partial charge on any atom is -0.610 e. The minimum absolute atomic E-state index is 0.0463. The van der Waals surface area contributed by atoms with Crippen LogP contribution in [0.3, 0.4) is 0 Å². The molecule has 0 bridgehead atoms. The Hall–Kier alpha value is -2.13. The Labute approximate surface area is 198 Å². The van der Waals surface area contributed by atoms with Gasteiger partial charge in [-0.15, -0.1) is 22.0 Å². The fourth-order valence-electron chi connectivity index (χ4n) is 3.17. The number of aromatic nitrogens is 3. The topological polar surface area (TPSA) is 148 Å². The number of carboxylic acids is 1. The number of carbonyl (C=O) groups is 3. The Morgan fingerprint density at radius 1 is 1.41 bits per heavy atom. The van der Waals surface area contributed by atoms with E-state index in [0.717, 1.165) is 9.35 Å². The van der Waals surface area contributed by atoms with Gasteiger partial charge in [-0.1, -0.05) is 29.2 Å². The monoisotopic (exact) mass is 511 g/mol. The number of rotatable bonds is 8. The molecule has 1 fully saturated rings. The number of aryl methyl sites for hydroxylation is 1. The van der Waals surface area contributed by atoms with E-state index in [9.17, 15) is 24.0 Å². The molecule has 0 aromatic carbocycles. The van der Waals surface area contributed by atoms with Crippen LogP contribution >= 0.6 is 34.9 Å². The van der Waals surface area contributed by atoms with Gasteiger partial charge >= 0.3 is 5.97 Å². The first-order valence-electron chi connectivity index (χ1n) is 9.27. The van der Waals surface area contributed by atoms with Crippen LogP contribution in [0.25, 0.3) is 0 Å². The number of hydrogen-bond donors (Lipinski definition) is 2. The van der Waals surface area contributed by atoms with E-state index in [0.29, 0.717) is 17.1 Å². The maximum atomic E-state index is 12.7. The molecule has 0 aliphatic carbocycles. The maximum Gasteiger partial charge on any atom is 0.352 e. The van der Waals surface area contributed by atoms with Crippen molar-refractivity contribution in [3.8, 4) is 0 Å². The molecule has 10 nitrogen and oxygen atoms in total. The minimum atomic E-state index is -1.64. The van der Waals surface area contributed by atoms with E-state index in [-0.39, 0.29) is 16.5 Å². The Kier molecular flexibility index (Phi) is 7.05. The molecule has 4 rings (SSSR count). The second-order valence-corrected chi connectivity index (χ2v) is 11.7. The van der Waals surface area contributed by atoms with Gasteiger partial charge in [0.15, 0.2) is 10.1 Å². The molecule has 14 heteroatoms. The van der Waals surface area contributed by atoms with Crippen molar-refractivity contribution in [2.75, 3.05) is 17.3 Å². The highest BCUT2D eigenvalue weighted by molar-refractivity contribution is 8.01. The fraction of sp³-hybridized carbons (Fsp3) is 0.333. The summed E-state index contributed by atoms with van der Waals surface area (Å²) in [5.74, 6) is -1.78. The Morgan fingerprint density at radius 2 is 2.22 bits per heavy atom. The average molecular weight is 512 g/mol. The highest BCUT2D eigenvalue weighted by Gasteiger charge is 2.54. The van der Waals surface area contributed by atoms with E-state index < -0.39 is 40.4 Å². The Bertz CT molecular complexity index is 1080. The van der Waals surface area contributed by atoms with Crippen LogP contribution in [0.15, 0.2) is 45.0 Å². The molecular weight excluding hydrogens is 494 g/mol. The summed E-state index contributed by atoms with van der Waals surface area (Å²) in [5.41, 5.74) is 0.570. The lowest BCUT2D eigenvalue weighted by Crippen LogP contribution is -2.71. The zero-order valence-electron chi connectivity index (χ0n) is 16.6. The number of fused-ring (bicyclic) bond motifs is 1. The molecule has 4 heterocycles. The number of aliphatic carboxylic acids is 1. The number of carboxylic acid groups (broad SMARTS) is 1. The summed E-state index contributed by atoms with van der Waals surface area (Å²) in [7, 11) is 0. The number of nitrogens with one attached hydrogen (secondary N) is 1. The van der Waals surface area contributed by atoms with E-state index in [2.05, 4.69) is 20.5 Å². The van der Waals surface area contributed by atoms with Crippen molar-refractivity contribution >= 4 is 63.8 Å². The normalized spacial score (nSPS) is 21.1. The number of hydrogen-bond acceptors (Lipinski definition) is 10. The van der Waals surface area contributed by atoms with Gasteiger partial charge in [0.2, 0.25) is 5.03 Å². The van der Waals surface area contributed by atoms with Gasteiger partial charge in [0.05, 0.1) is 0 Å². The third-order valence-corrected chi connectivity index (χ3v) is 9.21. The van der Waals surface area contributed by atoms with Crippen molar-refractivity contribution in [1.29, 1.82) is 0 Å². The van der Waals surface area contributed by atoms with Crippen molar-refractivity contribution < 1.29 is 24.0 Å². The Balaban J connectivity index is 1.40. The molecule has 32 heavy (non-hydrogen) atoms. The highest BCUT2D eigenvalue weighted by atomic mass is 32.2. The van der Waals surface area contributed by atoms with Gasteiger partial charge in [0.25, 0.3) is 11.8 Å². The van der Waals surface area contributed by atoms with Gasteiger partial charge in [-0.3, -0.25) is 14.5 Å². The van der Waals surface area contributed by atoms with Gasteiger partial charge in [0, 0.05) is 34.9 Å². The molecule has 2 aromatic heterocycles. The number of pyridine rings is 1. The largest absolute Gasteiger partial charge is 0.610 e. The van der Waals surface area contributed by atoms with Gasteiger partial charge < -0.3 is 15.0 Å². The SMILES string of the molecule is Cc1nnc(SCC2=C(C(=O)O)N3C(=O)C(NC(=O)C[S+]([O-])c4ccccn4)[C@@H]3SC2)s1. The van der Waals surface area contributed by atoms with Crippen LogP contribution < -0.4 is 5.32 Å². The molecular formula is C18H17N5O5S4. The predicted octanol–water partition coefficient (Wildman–Crippen LogP) is 0.880. The fourth-order valence-corrected chi connectivity index (χ4v) is 7.35. The van der Waals surface area contributed by atoms with Crippen LogP contribution in [-0.4, -0.2) is 76.2 Å². The molecule has 2 amide bonds. The second kappa shape index (κ2) is 9.79. The summed E-state index contributed by atoms with van der Waals surface area (Å²) in [6.07, 6.45) is 1.49. The predicted molar refractivity (Wildman–Crippen MR) is 121 cm³/mol. The molecule has 0 radical (unpaired) electrons. The summed E-state index contributed by atoms with van der Waals surface area (Å²) in [6, 6.07) is 4.05. The molecule has 168 valence electrons. The van der Waals surface area contributed by atoms with E-state index in [1.165, 1.54) is 46.0 Å². The van der Waals surface area contributed by atoms with Crippen LogP contribution in [0.4, 0.5) is 0 Å². The third kappa shape index (κ3) is 4.78. The Morgan fingerprint density at radius 3 is 2.88 bits per heavy atom. The first-order valence-corrected chi connectivity index (χ1v) is 13.4. The smallest absolute Gasteiger partial charge is 0.352 e. The van der Waals surface area contributed by atoms with Crippen molar-refractivity contribution in [3.63, 3.8) is 0 Å². The quantitative estimate of drug-likeness (QED) is 0.297. The lowest BCUT2D eigenvalue weighted by Gasteiger charge is -2.49. The van der Waals surface area contributed by atoms with E-state index >= 15 is 0 Å². The first-order chi connectivity index (χ1) is 15.3. The number of nitrogens with zero attached hydrogens (tertiary/aromatic N) is 4. The van der Waals surface area contributed by atoms with Crippen LogP contribution in [0.2, 0.25) is 0 Å². The highest BCUT2D eigenvalue weighted by Crippen LogP contribution is 2.41. The van der Waals surface area contributed by atoms with E-state index in [1.54, 1.807) is 18.2 Å². The van der Waals surface area contributed by atoms with Gasteiger partial charge in [-0.25, -0.2) is 9.78 Å². The molecule has 0 saturated carbocycles. The van der Waals surface area contributed by atoms with Gasteiger partial charge in [-0.05, 0) is 18.6 Å². The van der Waals surface area contributed by atoms with Gasteiger partial charge in [-0.2, -0.15) is 0 Å². The van der Waals surface area contributed by atoms with Crippen LogP contribution in [-0.2, 0) is 25.6 Å². The summed E-state index contributed by atoms with van der Waals surface area (Å²) in [6.45, 7) is 1.84. The van der Waals surface area contributed by atoms with Crippen LogP contribution in [0.5, 0.6) is 0 Å². The van der Waals surface area contributed by atoms with Crippen molar-refractivity contribution in [2.24, 2.45) is 0 Å². The number of thioether (sulfide) groups is 2. The molecule has 2 unspecified atom stereocenters. The van der Waals surface area contributed by atoms with E-state index in [4.69, 9.17) is 0 Å². The molecule has 0 spiro atoms. The summed E-state index contributed by atoms with van der Waals surface area (Å²) >= 11 is 2.54. The van der Waals surface area contributed by atoms with Crippen molar-refractivity contribution in [2.45, 2.75) is 27.7 Å². The summed E-state index contributed by atoms with van der Waals surface area (Å²) < 4.78 is 13.0. The zero-order valence-corrected chi connectivity index (χ0v) is 19.9. The first kappa shape index (κ1) is 23.0. The lowest BCUT2D eigenvalue weighted by atomic mass is 10.0. The average Bonchev–Trinajstić information content (AvgIpc) is 3.20. The molecule has 2 aromatic rings. The van der Waals surface area contributed by atoms with Crippen LogP contribution in [0, 0.1) is 6.92 Å². The van der Waals surface area contributed by atoms with Crippen molar-refractivity contribution in [3.05, 3.63) is 40.7 Å². The number of carbonyl (C=O) groups excluding carboxylic acids is 2. The molecule has 2 aliphatic rings. The van der Waals surface area contributed by atoms with Crippen molar-refractivity contribution in [1.82, 2.24) is 25.4 Å². The number of β-lactam (4-membered cyclic amide) rings is 1. The maximum absolute atomic E-state index is 12.7. The second-order valence-electron chi connectivity index (χ2n) is 6.75. The zero-order chi connectivity index (χ0) is 22.8. The molecule has 2 aliphatic heterocycles. The van der Waals surface area contributed by atoms with Gasteiger partial charge in [0.1, 0.15) is 22.1 Å². The standard InChI is InChI=1S/C18H17N5O5S4/c1-9-21-22-18(31-9)30-7-10-6-29-16-13(15(25)23(16)14(10)17(26)27)20-11(24)8-32(28)12-4-2-3-5-19-12/h2-5,13,16H,6-8H2,1H3,(H,20,24)(H,26,27)/t13?,16-,32?/m0/s1. The van der Waals surface area contributed by atoms with E-state index in [1.807, 2.05) is 6.92 Å². The molecule has 3 atom stereocenters. The molecule has 1 saturated heterocycles. The van der Waals surface area contributed by atoms with Crippen LogP contribution in [0.1, 0.15) is 5.01 Å².